The van der Waals surface area contributed by atoms with Gasteiger partial charge in [0, 0.05) is 17.2 Å². The summed E-state index contributed by atoms with van der Waals surface area (Å²) in [6, 6.07) is 18.5. The Morgan fingerprint density at radius 3 is 2.31 bits per heavy atom. The van der Waals surface area contributed by atoms with E-state index >= 15 is 0 Å². The number of methoxy groups -OCH3 is 1. The fourth-order valence-corrected chi connectivity index (χ4v) is 5.02. The molecule has 4 rings (SSSR count). The molecule has 8 nitrogen and oxygen atoms in total. The van der Waals surface area contributed by atoms with Crippen LogP contribution in [-0.4, -0.2) is 42.3 Å². The SMILES string of the molecule is COC1=NC(NC(=O)c2ccc(Cl)cc2Cl)=C(C(=O)O)[N+]1(c1ccc(F)cc1)C(C)(C)COc1ccccc1. The first-order valence-corrected chi connectivity index (χ1v) is 12.5. The van der Waals surface area contributed by atoms with Gasteiger partial charge in [0.1, 0.15) is 29.4 Å². The second kappa shape index (κ2) is 11.1. The van der Waals surface area contributed by atoms with E-state index in [4.69, 9.17) is 32.7 Å². The van der Waals surface area contributed by atoms with Crippen LogP contribution in [0.15, 0.2) is 89.3 Å². The van der Waals surface area contributed by atoms with E-state index in [0.717, 1.165) is 0 Å². The van der Waals surface area contributed by atoms with Gasteiger partial charge in [0.15, 0.2) is 0 Å². The average Bonchev–Trinajstić information content (AvgIpc) is 3.24. The maximum absolute atomic E-state index is 14.0. The van der Waals surface area contributed by atoms with Crippen molar-refractivity contribution in [1.29, 1.82) is 0 Å². The third-order valence-electron chi connectivity index (χ3n) is 6.30. The number of aliphatic carboxylic acids is 1. The quantitative estimate of drug-likeness (QED) is 0.323. The number of nitrogens with zero attached hydrogens (tertiary/aromatic N) is 2. The number of carboxylic acid groups (broad SMARTS) is 1. The van der Waals surface area contributed by atoms with Crippen LogP contribution in [0.25, 0.3) is 0 Å². The number of nitrogens with one attached hydrogen (secondary N) is 1. The summed E-state index contributed by atoms with van der Waals surface area (Å²) in [6.07, 6.45) is 0. The van der Waals surface area contributed by atoms with Crippen LogP contribution in [0.1, 0.15) is 24.2 Å². The molecule has 0 bridgehead atoms. The van der Waals surface area contributed by atoms with Gasteiger partial charge in [-0.2, -0.15) is 4.48 Å². The Bertz CT molecular complexity index is 1480. The number of para-hydroxylation sites is 1. The molecule has 2 N–H and O–H groups in total. The molecule has 1 amide bonds. The summed E-state index contributed by atoms with van der Waals surface area (Å²) in [5.74, 6) is -2.32. The number of amidine groups is 1. The molecule has 0 aromatic heterocycles. The van der Waals surface area contributed by atoms with Gasteiger partial charge in [-0.15, -0.1) is 4.99 Å². The summed E-state index contributed by atoms with van der Waals surface area (Å²) in [5.41, 5.74) is -1.07. The lowest BCUT2D eigenvalue weighted by Gasteiger charge is -2.44. The first kappa shape index (κ1) is 28.1. The molecule has 0 aliphatic carbocycles. The lowest BCUT2D eigenvalue weighted by atomic mass is 9.96. The Balaban J connectivity index is 1.89. The van der Waals surface area contributed by atoms with Crippen molar-refractivity contribution in [1.82, 2.24) is 9.80 Å². The Morgan fingerprint density at radius 1 is 1.05 bits per heavy atom. The van der Waals surface area contributed by atoms with Crippen LogP contribution in [-0.2, 0) is 9.53 Å². The van der Waals surface area contributed by atoms with E-state index in [1.165, 1.54) is 49.6 Å². The molecule has 0 radical (unpaired) electrons. The van der Waals surface area contributed by atoms with Crippen LogP contribution >= 0.6 is 23.2 Å². The van der Waals surface area contributed by atoms with Gasteiger partial charge in [-0.1, -0.05) is 41.4 Å². The standard InChI is InChI=1S/C28H24Cl2FN3O5/c1-28(2,16-39-20-7-5-4-6-8-20)34(19-12-10-18(31)11-13-19)23(26(36)37)24(33-27(34)38-3)32-25(35)21-14-9-17(29)15-22(21)30/h4-15H,16H2,1-3H3,(H-,32,35,36,37)/p+1. The van der Waals surface area contributed by atoms with E-state index in [1.54, 1.807) is 26.0 Å². The molecule has 0 fully saturated rings. The second-order valence-electron chi connectivity index (χ2n) is 9.24. The topological polar surface area (TPSA) is 97.2 Å². The second-order valence-corrected chi connectivity index (χ2v) is 10.1. The maximum atomic E-state index is 14.0. The number of aliphatic imine (C=N–C) groups is 1. The number of carbonyl (C=O) groups excluding carboxylic acids is 1. The highest BCUT2D eigenvalue weighted by Gasteiger charge is 2.63. The third kappa shape index (κ3) is 5.21. The van der Waals surface area contributed by atoms with E-state index in [-0.39, 0.29) is 34.7 Å². The summed E-state index contributed by atoms with van der Waals surface area (Å²) in [5, 5.41) is 13.5. The van der Waals surface area contributed by atoms with Crippen molar-refractivity contribution in [2.24, 2.45) is 4.99 Å². The number of amides is 1. The van der Waals surface area contributed by atoms with Gasteiger partial charge in [0.25, 0.3) is 11.6 Å². The molecule has 0 saturated heterocycles. The summed E-state index contributed by atoms with van der Waals surface area (Å²) >= 11 is 12.2. The fourth-order valence-electron chi connectivity index (χ4n) is 4.53. The molecule has 1 heterocycles. The van der Waals surface area contributed by atoms with Gasteiger partial charge >= 0.3 is 12.0 Å². The molecule has 1 aliphatic rings. The number of carboxylic acids is 1. The smallest absolute Gasteiger partial charge is 0.412 e. The molecule has 3 aromatic rings. The largest absolute Gasteiger partial charge is 0.487 e. The van der Waals surface area contributed by atoms with E-state index in [2.05, 4.69) is 10.3 Å². The van der Waals surface area contributed by atoms with Crippen LogP contribution in [0.4, 0.5) is 10.1 Å². The van der Waals surface area contributed by atoms with Gasteiger partial charge in [-0.25, -0.2) is 9.18 Å². The van der Waals surface area contributed by atoms with Crippen molar-refractivity contribution in [2.75, 3.05) is 13.7 Å². The van der Waals surface area contributed by atoms with Gasteiger partial charge < -0.3 is 19.9 Å². The normalized spacial score (nSPS) is 17.0. The van der Waals surface area contributed by atoms with Crippen molar-refractivity contribution in [3.63, 3.8) is 0 Å². The van der Waals surface area contributed by atoms with Crippen molar-refractivity contribution in [3.8, 4) is 5.75 Å². The molecule has 1 unspecified atom stereocenters. The first-order chi connectivity index (χ1) is 18.5. The highest BCUT2D eigenvalue weighted by atomic mass is 35.5. The number of benzene rings is 3. The highest BCUT2D eigenvalue weighted by molar-refractivity contribution is 6.36. The first-order valence-electron chi connectivity index (χ1n) is 11.7. The van der Waals surface area contributed by atoms with Gasteiger partial charge in [0.05, 0.1) is 17.7 Å². The Kier molecular flexibility index (Phi) is 7.96. The third-order valence-corrected chi connectivity index (χ3v) is 6.85. The Labute approximate surface area is 234 Å². The number of carbonyl (C=O) groups is 2. The summed E-state index contributed by atoms with van der Waals surface area (Å²) in [6.45, 7) is 3.51. The summed E-state index contributed by atoms with van der Waals surface area (Å²) in [7, 11) is 1.34. The number of hydrogen-bond donors (Lipinski definition) is 2. The number of quaternary nitrogens is 1. The predicted molar refractivity (Wildman–Crippen MR) is 147 cm³/mol. The van der Waals surface area contributed by atoms with E-state index in [0.29, 0.717) is 16.5 Å². The molecule has 202 valence electrons. The monoisotopic (exact) mass is 572 g/mol. The summed E-state index contributed by atoms with van der Waals surface area (Å²) in [4.78, 5) is 30.6. The molecule has 0 saturated carbocycles. The predicted octanol–water partition coefficient (Wildman–Crippen LogP) is 6.00. The van der Waals surface area contributed by atoms with Crippen LogP contribution in [0.5, 0.6) is 5.75 Å². The van der Waals surface area contributed by atoms with E-state index < -0.39 is 27.7 Å². The maximum Gasteiger partial charge on any atom is 0.412 e. The van der Waals surface area contributed by atoms with Crippen LogP contribution in [0.3, 0.4) is 0 Å². The molecular formula is C28H25Cl2FN3O5+. The van der Waals surface area contributed by atoms with Crippen molar-refractivity contribution in [2.45, 2.75) is 19.4 Å². The average molecular weight is 573 g/mol. The Hall–Kier alpha value is -3.92. The molecule has 0 spiro atoms. The molecule has 11 heteroatoms. The summed E-state index contributed by atoms with van der Waals surface area (Å²) < 4.78 is 25.1. The molecule has 3 aromatic carbocycles. The number of halogens is 3. The van der Waals surface area contributed by atoms with Gasteiger partial charge in [0.2, 0.25) is 5.82 Å². The lowest BCUT2D eigenvalue weighted by Crippen LogP contribution is -2.68. The van der Waals surface area contributed by atoms with Crippen molar-refractivity contribution >= 4 is 46.8 Å². The number of hydrogen-bond acceptors (Lipinski definition) is 5. The lowest BCUT2D eigenvalue weighted by molar-refractivity contribution is -0.134. The Morgan fingerprint density at radius 2 is 1.72 bits per heavy atom. The van der Waals surface area contributed by atoms with Crippen LogP contribution in [0.2, 0.25) is 10.0 Å². The fraction of sp³-hybridized carbons (Fsp3) is 0.179. The van der Waals surface area contributed by atoms with E-state index in [9.17, 15) is 19.1 Å². The molecular weight excluding hydrogens is 548 g/mol. The minimum absolute atomic E-state index is 0.0161. The minimum Gasteiger partial charge on any atom is -0.487 e. The van der Waals surface area contributed by atoms with E-state index in [1.807, 2.05) is 18.2 Å². The van der Waals surface area contributed by atoms with Crippen molar-refractivity contribution < 1.29 is 28.6 Å². The molecule has 1 atom stereocenters. The number of ether oxygens (including phenoxy) is 2. The van der Waals surface area contributed by atoms with Gasteiger partial charge in [-0.3, -0.25) is 4.79 Å². The minimum atomic E-state index is -1.39. The van der Waals surface area contributed by atoms with Crippen LogP contribution < -0.4 is 14.5 Å². The zero-order chi connectivity index (χ0) is 28.4. The molecule has 39 heavy (non-hydrogen) atoms. The zero-order valence-corrected chi connectivity index (χ0v) is 22.8. The zero-order valence-electron chi connectivity index (χ0n) is 21.2. The number of rotatable bonds is 8. The van der Waals surface area contributed by atoms with Crippen molar-refractivity contribution in [3.05, 3.63) is 106 Å². The van der Waals surface area contributed by atoms with Gasteiger partial charge in [-0.05, 0) is 56.3 Å². The molecule has 1 aliphatic heterocycles. The van der Waals surface area contributed by atoms with Crippen LogP contribution in [0, 0.1) is 5.82 Å². The highest BCUT2D eigenvalue weighted by Crippen LogP contribution is 2.44.